The molecule has 1 aliphatic heterocycles. The van der Waals surface area contributed by atoms with E-state index in [1.807, 2.05) is 6.07 Å². The van der Waals surface area contributed by atoms with Gasteiger partial charge < -0.3 is 14.6 Å². The van der Waals surface area contributed by atoms with Gasteiger partial charge in [-0.3, -0.25) is 9.89 Å². The van der Waals surface area contributed by atoms with Gasteiger partial charge in [-0.2, -0.15) is 5.10 Å². The Labute approximate surface area is 129 Å². The second-order valence-corrected chi connectivity index (χ2v) is 5.66. The van der Waals surface area contributed by atoms with Gasteiger partial charge in [0.25, 0.3) is 5.91 Å². The highest BCUT2D eigenvalue weighted by Gasteiger charge is 2.13. The van der Waals surface area contributed by atoms with Crippen molar-refractivity contribution in [2.75, 3.05) is 26.2 Å². The first-order chi connectivity index (χ1) is 10.8. The average molecular weight is 302 g/mol. The molecular formula is C16H22N4O2. The van der Waals surface area contributed by atoms with Crippen LogP contribution in [0.15, 0.2) is 28.9 Å². The Morgan fingerprint density at radius 2 is 2.14 bits per heavy atom. The topological polar surface area (TPSA) is 74.2 Å². The van der Waals surface area contributed by atoms with Crippen molar-refractivity contribution in [2.45, 2.75) is 25.7 Å². The van der Waals surface area contributed by atoms with Crippen molar-refractivity contribution in [2.24, 2.45) is 0 Å². The Hall–Kier alpha value is -2.08. The Kier molecular flexibility index (Phi) is 4.90. The zero-order chi connectivity index (χ0) is 15.2. The fraction of sp³-hybridized carbons (Fsp3) is 0.500. The number of hydrogen-bond donors (Lipinski definition) is 2. The Morgan fingerprint density at radius 3 is 2.86 bits per heavy atom. The number of aromatic nitrogens is 2. The average Bonchev–Trinajstić information content (AvgIpc) is 3.15. The Bertz CT molecular complexity index is 583. The summed E-state index contributed by atoms with van der Waals surface area (Å²) >= 11 is 0. The summed E-state index contributed by atoms with van der Waals surface area (Å²) in [6.45, 7) is 3.84. The summed E-state index contributed by atoms with van der Waals surface area (Å²) < 4.78 is 5.28. The monoisotopic (exact) mass is 302 g/mol. The quantitative estimate of drug-likeness (QED) is 0.888. The summed E-state index contributed by atoms with van der Waals surface area (Å²) in [6, 6.07) is 5.34. The van der Waals surface area contributed by atoms with Crippen LogP contribution in [0.4, 0.5) is 0 Å². The Balaban J connectivity index is 1.47. The number of furan rings is 1. The third-order valence-electron chi connectivity index (χ3n) is 4.01. The predicted octanol–water partition coefficient (Wildman–Crippen LogP) is 2.28. The van der Waals surface area contributed by atoms with Crippen LogP contribution in [0.2, 0.25) is 0 Å². The van der Waals surface area contributed by atoms with Crippen LogP contribution >= 0.6 is 0 Å². The molecule has 118 valence electrons. The van der Waals surface area contributed by atoms with Crippen LogP contribution in [0.5, 0.6) is 0 Å². The van der Waals surface area contributed by atoms with Crippen molar-refractivity contribution in [3.63, 3.8) is 0 Å². The van der Waals surface area contributed by atoms with Crippen LogP contribution < -0.4 is 5.32 Å². The second kappa shape index (κ2) is 7.26. The molecule has 0 unspecified atom stereocenters. The summed E-state index contributed by atoms with van der Waals surface area (Å²) in [7, 11) is 0. The lowest BCUT2D eigenvalue weighted by atomic mass is 10.2. The normalized spacial score (nSPS) is 16.4. The SMILES string of the molecule is O=C(NCCN1CCCCCC1)c1cc(-c2ccco2)[nH]n1. The molecule has 0 aliphatic carbocycles. The molecule has 2 aromatic rings. The van der Waals surface area contributed by atoms with Gasteiger partial charge in [0.15, 0.2) is 11.5 Å². The van der Waals surface area contributed by atoms with E-state index in [2.05, 4.69) is 20.4 Å². The third kappa shape index (κ3) is 3.76. The van der Waals surface area contributed by atoms with E-state index in [0.717, 1.165) is 19.6 Å². The molecule has 2 aromatic heterocycles. The molecule has 0 radical (unpaired) electrons. The number of H-pyrrole nitrogens is 1. The van der Waals surface area contributed by atoms with Crippen molar-refractivity contribution in [3.05, 3.63) is 30.2 Å². The van der Waals surface area contributed by atoms with Crippen LogP contribution in [0.25, 0.3) is 11.5 Å². The van der Waals surface area contributed by atoms with Crippen LogP contribution in [0.1, 0.15) is 36.2 Å². The Morgan fingerprint density at radius 1 is 1.32 bits per heavy atom. The molecule has 1 aliphatic rings. The van der Waals surface area contributed by atoms with Crippen LogP contribution in [0.3, 0.4) is 0 Å². The minimum atomic E-state index is -0.149. The van der Waals surface area contributed by atoms with Crippen LogP contribution in [0, 0.1) is 0 Å². The van der Waals surface area contributed by atoms with Crippen molar-refractivity contribution < 1.29 is 9.21 Å². The number of likely N-dealkylation sites (tertiary alicyclic amines) is 1. The number of nitrogens with one attached hydrogen (secondary N) is 2. The van der Waals surface area contributed by atoms with Gasteiger partial charge in [-0.15, -0.1) is 0 Å². The lowest BCUT2D eigenvalue weighted by molar-refractivity contribution is 0.0943. The van der Waals surface area contributed by atoms with E-state index < -0.39 is 0 Å². The number of amides is 1. The smallest absolute Gasteiger partial charge is 0.271 e. The van der Waals surface area contributed by atoms with Gasteiger partial charge in [0, 0.05) is 19.2 Å². The number of hydrogen-bond acceptors (Lipinski definition) is 4. The van der Waals surface area contributed by atoms with E-state index >= 15 is 0 Å². The minimum absolute atomic E-state index is 0.149. The minimum Gasteiger partial charge on any atom is -0.463 e. The van der Waals surface area contributed by atoms with Gasteiger partial charge >= 0.3 is 0 Å². The number of aromatic amines is 1. The molecule has 1 amide bonds. The van der Waals surface area contributed by atoms with E-state index in [4.69, 9.17) is 4.42 Å². The summed E-state index contributed by atoms with van der Waals surface area (Å²) in [4.78, 5) is 14.5. The molecule has 6 heteroatoms. The molecule has 0 bridgehead atoms. The number of carbonyl (C=O) groups excluding carboxylic acids is 1. The van der Waals surface area contributed by atoms with E-state index in [1.54, 1.807) is 18.4 Å². The third-order valence-corrected chi connectivity index (χ3v) is 4.01. The van der Waals surface area contributed by atoms with Crippen molar-refractivity contribution >= 4 is 5.91 Å². The maximum atomic E-state index is 12.1. The van der Waals surface area contributed by atoms with Crippen molar-refractivity contribution in [1.82, 2.24) is 20.4 Å². The summed E-state index contributed by atoms with van der Waals surface area (Å²) in [5.74, 6) is 0.528. The summed E-state index contributed by atoms with van der Waals surface area (Å²) in [5.41, 5.74) is 1.10. The van der Waals surface area contributed by atoms with Crippen molar-refractivity contribution in [3.8, 4) is 11.5 Å². The molecule has 1 saturated heterocycles. The highest BCUT2D eigenvalue weighted by molar-refractivity contribution is 5.93. The van der Waals surface area contributed by atoms with E-state index in [-0.39, 0.29) is 5.91 Å². The predicted molar refractivity (Wildman–Crippen MR) is 83.5 cm³/mol. The largest absolute Gasteiger partial charge is 0.463 e. The molecule has 2 N–H and O–H groups in total. The van der Waals surface area contributed by atoms with Gasteiger partial charge in [0.2, 0.25) is 0 Å². The lowest BCUT2D eigenvalue weighted by Crippen LogP contribution is -2.35. The maximum Gasteiger partial charge on any atom is 0.271 e. The zero-order valence-corrected chi connectivity index (χ0v) is 12.7. The maximum absolute atomic E-state index is 12.1. The molecule has 0 spiro atoms. The van der Waals surface area contributed by atoms with Gasteiger partial charge in [0.1, 0.15) is 5.69 Å². The second-order valence-electron chi connectivity index (χ2n) is 5.66. The summed E-state index contributed by atoms with van der Waals surface area (Å²) in [6.07, 6.45) is 6.77. The molecule has 0 aromatic carbocycles. The van der Waals surface area contributed by atoms with Gasteiger partial charge in [-0.25, -0.2) is 0 Å². The van der Waals surface area contributed by atoms with Gasteiger partial charge in [-0.1, -0.05) is 12.8 Å². The molecule has 22 heavy (non-hydrogen) atoms. The lowest BCUT2D eigenvalue weighted by Gasteiger charge is -2.19. The molecule has 0 atom stereocenters. The molecule has 3 rings (SSSR count). The standard InChI is InChI=1S/C16H22N4O2/c21-16(17-7-10-20-8-3-1-2-4-9-20)14-12-13(18-19-14)15-6-5-11-22-15/h5-6,11-12H,1-4,7-10H2,(H,17,21)(H,18,19). The highest BCUT2D eigenvalue weighted by atomic mass is 16.3. The van der Waals surface area contributed by atoms with E-state index in [1.165, 1.54) is 25.7 Å². The molecule has 1 fully saturated rings. The number of nitrogens with zero attached hydrogens (tertiary/aromatic N) is 2. The summed E-state index contributed by atoms with van der Waals surface area (Å²) in [5, 5.41) is 9.80. The van der Waals surface area contributed by atoms with E-state index in [9.17, 15) is 4.79 Å². The van der Waals surface area contributed by atoms with E-state index in [0.29, 0.717) is 23.7 Å². The van der Waals surface area contributed by atoms with Gasteiger partial charge in [-0.05, 0) is 38.1 Å². The fourth-order valence-electron chi connectivity index (χ4n) is 2.77. The number of rotatable bonds is 5. The molecule has 3 heterocycles. The highest BCUT2D eigenvalue weighted by Crippen LogP contribution is 2.17. The molecule has 0 saturated carbocycles. The van der Waals surface area contributed by atoms with Crippen LogP contribution in [-0.4, -0.2) is 47.2 Å². The number of carbonyl (C=O) groups is 1. The first-order valence-electron chi connectivity index (χ1n) is 7.93. The van der Waals surface area contributed by atoms with Crippen LogP contribution in [-0.2, 0) is 0 Å². The van der Waals surface area contributed by atoms with Crippen molar-refractivity contribution in [1.29, 1.82) is 0 Å². The zero-order valence-electron chi connectivity index (χ0n) is 12.7. The molecular weight excluding hydrogens is 280 g/mol. The first-order valence-corrected chi connectivity index (χ1v) is 7.93. The first kappa shape index (κ1) is 14.8. The van der Waals surface area contributed by atoms with Gasteiger partial charge in [0.05, 0.1) is 6.26 Å². The fourth-order valence-corrected chi connectivity index (χ4v) is 2.77. The molecule has 6 nitrogen and oxygen atoms in total.